The molecule has 0 saturated heterocycles. The summed E-state index contributed by atoms with van der Waals surface area (Å²) >= 11 is 1.65. The van der Waals surface area contributed by atoms with Crippen molar-refractivity contribution < 1.29 is 4.79 Å². The summed E-state index contributed by atoms with van der Waals surface area (Å²) in [5.74, 6) is 0. The van der Waals surface area contributed by atoms with E-state index in [9.17, 15) is 4.79 Å². The van der Waals surface area contributed by atoms with Gasteiger partial charge in [0.2, 0.25) is 0 Å². The molecule has 0 unspecified atom stereocenters. The molecule has 10 heavy (non-hydrogen) atoms. The molecule has 0 fully saturated rings. The highest BCUT2D eigenvalue weighted by atomic mass is 32.1. The summed E-state index contributed by atoms with van der Waals surface area (Å²) in [4.78, 5) is 15.1. The second-order valence-electron chi connectivity index (χ2n) is 2.03. The molecule has 0 aliphatic heterocycles. The molecule has 1 heterocycles. The lowest BCUT2D eigenvalue weighted by Gasteiger charge is -1.88. The number of aromatic nitrogens is 1. The number of unbranched alkanes of at least 4 members (excludes halogenated alkanes) is 1. The zero-order valence-electron chi connectivity index (χ0n) is 5.62. The topological polar surface area (TPSA) is 30.0 Å². The Kier molecular flexibility index (Phi) is 3.09. The first-order valence-electron chi connectivity index (χ1n) is 3.24. The van der Waals surface area contributed by atoms with Gasteiger partial charge in [0.15, 0.2) is 0 Å². The van der Waals surface area contributed by atoms with Gasteiger partial charge in [0, 0.05) is 17.5 Å². The van der Waals surface area contributed by atoms with Crippen LogP contribution in [0.5, 0.6) is 0 Å². The summed E-state index contributed by atoms with van der Waals surface area (Å²) in [6.45, 7) is 0. The molecule has 0 bridgehead atoms. The molecular formula is C7H9NOS. The molecule has 0 amide bonds. The maximum Gasteiger partial charge on any atom is 0.120 e. The van der Waals surface area contributed by atoms with Crippen LogP contribution in [-0.2, 0) is 11.2 Å². The molecule has 0 spiro atoms. The largest absolute Gasteiger partial charge is 0.303 e. The highest BCUT2D eigenvalue weighted by Gasteiger charge is 1.92. The van der Waals surface area contributed by atoms with Gasteiger partial charge in [-0.1, -0.05) is 0 Å². The molecule has 2 nitrogen and oxygen atoms in total. The van der Waals surface area contributed by atoms with Gasteiger partial charge in [0.1, 0.15) is 6.29 Å². The Hall–Kier alpha value is -0.700. The first-order valence-corrected chi connectivity index (χ1v) is 4.12. The van der Waals surface area contributed by atoms with Crippen molar-refractivity contribution in [3.63, 3.8) is 0 Å². The molecule has 1 aromatic rings. The lowest BCUT2D eigenvalue weighted by Crippen LogP contribution is -1.80. The molecule has 0 radical (unpaired) electrons. The smallest absolute Gasteiger partial charge is 0.120 e. The van der Waals surface area contributed by atoms with Gasteiger partial charge < -0.3 is 4.79 Å². The zero-order chi connectivity index (χ0) is 7.23. The fraction of sp³-hybridized carbons (Fsp3) is 0.429. The van der Waals surface area contributed by atoms with Gasteiger partial charge in [-0.05, 0) is 12.8 Å². The van der Waals surface area contributed by atoms with E-state index >= 15 is 0 Å². The Labute approximate surface area is 63.9 Å². The molecule has 54 valence electrons. The Bertz CT molecular complexity index is 183. The fourth-order valence-electron chi connectivity index (χ4n) is 0.725. The van der Waals surface area contributed by atoms with Gasteiger partial charge in [-0.25, -0.2) is 0 Å². The summed E-state index contributed by atoms with van der Waals surface area (Å²) in [6, 6.07) is 0. The number of carbonyl (C=O) groups excluding carboxylic acids is 1. The number of aryl methyl sites for hydroxylation is 1. The van der Waals surface area contributed by atoms with Crippen molar-refractivity contribution in [1.29, 1.82) is 0 Å². The molecule has 0 atom stereocenters. The van der Waals surface area contributed by atoms with Crippen LogP contribution in [0.3, 0.4) is 0 Å². The van der Waals surface area contributed by atoms with Crippen LogP contribution >= 0.6 is 11.3 Å². The summed E-state index contributed by atoms with van der Waals surface area (Å²) in [5.41, 5.74) is 1.82. The quantitative estimate of drug-likeness (QED) is 0.489. The van der Waals surface area contributed by atoms with E-state index in [0.717, 1.165) is 19.1 Å². The van der Waals surface area contributed by atoms with E-state index in [4.69, 9.17) is 0 Å². The second-order valence-corrected chi connectivity index (χ2v) is 3.00. The number of thiazole rings is 1. The minimum Gasteiger partial charge on any atom is -0.303 e. The highest BCUT2D eigenvalue weighted by molar-refractivity contribution is 7.09. The summed E-state index contributed by atoms with van der Waals surface area (Å²) in [7, 11) is 0. The van der Waals surface area contributed by atoms with Crippen molar-refractivity contribution in [2.75, 3.05) is 0 Å². The average Bonchev–Trinajstić information content (AvgIpc) is 2.41. The molecule has 0 N–H and O–H groups in total. The highest BCUT2D eigenvalue weighted by Crippen LogP contribution is 2.08. The van der Waals surface area contributed by atoms with Gasteiger partial charge >= 0.3 is 0 Å². The lowest BCUT2D eigenvalue weighted by atomic mass is 10.2. The van der Waals surface area contributed by atoms with Crippen molar-refractivity contribution in [3.8, 4) is 0 Å². The minimum absolute atomic E-state index is 0.665. The molecule has 1 rings (SSSR count). The second kappa shape index (κ2) is 4.17. The van der Waals surface area contributed by atoms with Crippen molar-refractivity contribution in [2.45, 2.75) is 19.3 Å². The monoisotopic (exact) mass is 155 g/mol. The average molecular weight is 155 g/mol. The molecule has 1 aromatic heterocycles. The van der Waals surface area contributed by atoms with E-state index in [-0.39, 0.29) is 0 Å². The number of rotatable bonds is 4. The zero-order valence-corrected chi connectivity index (χ0v) is 6.43. The van der Waals surface area contributed by atoms with Crippen LogP contribution in [-0.4, -0.2) is 11.3 Å². The molecule has 0 saturated carbocycles. The minimum atomic E-state index is 0.665. The third-order valence-corrected chi connectivity index (χ3v) is 2.07. The standard InChI is InChI=1S/C7H9NOS/c9-4-2-1-3-7-5-8-6-10-7/h4-6H,1-3H2. The van der Waals surface area contributed by atoms with Crippen LogP contribution in [0.25, 0.3) is 0 Å². The van der Waals surface area contributed by atoms with Gasteiger partial charge in [0.25, 0.3) is 0 Å². The summed E-state index contributed by atoms with van der Waals surface area (Å²) in [6.07, 6.45) is 5.42. The molecule has 3 heteroatoms. The van der Waals surface area contributed by atoms with Crippen LogP contribution in [0.1, 0.15) is 17.7 Å². The van der Waals surface area contributed by atoms with E-state index in [1.807, 2.05) is 11.7 Å². The maximum absolute atomic E-state index is 9.92. The van der Waals surface area contributed by atoms with Crippen molar-refractivity contribution in [2.24, 2.45) is 0 Å². The van der Waals surface area contributed by atoms with E-state index < -0.39 is 0 Å². The first-order chi connectivity index (χ1) is 4.93. The van der Waals surface area contributed by atoms with E-state index in [2.05, 4.69) is 4.98 Å². The van der Waals surface area contributed by atoms with Gasteiger partial charge in [-0.15, -0.1) is 11.3 Å². The lowest BCUT2D eigenvalue weighted by molar-refractivity contribution is -0.107. The van der Waals surface area contributed by atoms with E-state index in [1.54, 1.807) is 11.3 Å². The molecule has 0 aliphatic rings. The molecule has 0 aliphatic carbocycles. The van der Waals surface area contributed by atoms with Crippen molar-refractivity contribution >= 4 is 17.6 Å². The summed E-state index contributed by atoms with van der Waals surface area (Å²) < 4.78 is 0. The Balaban J connectivity index is 2.21. The SMILES string of the molecule is O=CCCCc1cncs1. The fourth-order valence-corrected chi connectivity index (χ4v) is 1.37. The van der Waals surface area contributed by atoms with Crippen LogP contribution in [0, 0.1) is 0 Å². The predicted octanol–water partition coefficient (Wildman–Crippen LogP) is 1.66. The van der Waals surface area contributed by atoms with Crippen molar-refractivity contribution in [1.82, 2.24) is 4.98 Å². The number of nitrogens with zero attached hydrogens (tertiary/aromatic N) is 1. The number of hydrogen-bond donors (Lipinski definition) is 0. The summed E-state index contributed by atoms with van der Waals surface area (Å²) in [5, 5.41) is 0. The molecule has 0 aromatic carbocycles. The number of carbonyl (C=O) groups is 1. The van der Waals surface area contributed by atoms with Crippen LogP contribution < -0.4 is 0 Å². The Morgan fingerprint density at radius 2 is 2.60 bits per heavy atom. The molecular weight excluding hydrogens is 146 g/mol. The van der Waals surface area contributed by atoms with Gasteiger partial charge in [-0.3, -0.25) is 4.98 Å². The predicted molar refractivity (Wildman–Crippen MR) is 41.1 cm³/mol. The van der Waals surface area contributed by atoms with Crippen LogP contribution in [0.2, 0.25) is 0 Å². The van der Waals surface area contributed by atoms with Crippen molar-refractivity contribution in [3.05, 3.63) is 16.6 Å². The van der Waals surface area contributed by atoms with E-state index in [1.165, 1.54) is 4.88 Å². The Morgan fingerprint density at radius 3 is 3.20 bits per heavy atom. The van der Waals surface area contributed by atoms with Gasteiger partial charge in [0.05, 0.1) is 5.51 Å². The van der Waals surface area contributed by atoms with Gasteiger partial charge in [-0.2, -0.15) is 0 Å². The van der Waals surface area contributed by atoms with E-state index in [0.29, 0.717) is 6.42 Å². The van der Waals surface area contributed by atoms with Crippen LogP contribution in [0.4, 0.5) is 0 Å². The maximum atomic E-state index is 9.92. The van der Waals surface area contributed by atoms with Crippen LogP contribution in [0.15, 0.2) is 11.7 Å². The number of aldehydes is 1. The third kappa shape index (κ3) is 2.27. The number of hydrogen-bond acceptors (Lipinski definition) is 3. The Morgan fingerprint density at radius 1 is 1.70 bits per heavy atom. The first kappa shape index (κ1) is 7.41. The normalized spacial score (nSPS) is 9.60. The third-order valence-electron chi connectivity index (χ3n) is 1.23.